The van der Waals surface area contributed by atoms with Crippen LogP contribution in [0.5, 0.6) is 5.88 Å². The molecule has 2 heterocycles. The van der Waals surface area contributed by atoms with Crippen molar-refractivity contribution in [3.05, 3.63) is 60.1 Å². The molecule has 5 nitrogen and oxygen atoms in total. The SMILES string of the molecule is CCOc1ncccc1CNC(=O)/C=C/c1cccnc1. The van der Waals surface area contributed by atoms with Gasteiger partial charge in [0.15, 0.2) is 0 Å². The van der Waals surface area contributed by atoms with E-state index in [0.717, 1.165) is 11.1 Å². The number of ether oxygens (including phenoxy) is 1. The zero-order valence-electron chi connectivity index (χ0n) is 11.8. The molecule has 0 saturated carbocycles. The van der Waals surface area contributed by atoms with Gasteiger partial charge in [0.05, 0.1) is 6.61 Å². The summed E-state index contributed by atoms with van der Waals surface area (Å²) in [5, 5.41) is 2.80. The van der Waals surface area contributed by atoms with Crippen LogP contribution in [0.3, 0.4) is 0 Å². The van der Waals surface area contributed by atoms with Crippen molar-refractivity contribution >= 4 is 12.0 Å². The fourth-order valence-corrected chi connectivity index (χ4v) is 1.71. The minimum atomic E-state index is -0.176. The number of rotatable bonds is 6. The molecular formula is C16H17N3O2. The first-order valence-corrected chi connectivity index (χ1v) is 6.72. The predicted octanol–water partition coefficient (Wildman–Crippen LogP) is 2.20. The van der Waals surface area contributed by atoms with Crippen LogP contribution in [0.1, 0.15) is 18.1 Å². The van der Waals surface area contributed by atoms with Crippen LogP contribution in [-0.4, -0.2) is 22.5 Å². The Labute approximate surface area is 123 Å². The third-order valence-corrected chi connectivity index (χ3v) is 2.70. The van der Waals surface area contributed by atoms with Crippen molar-refractivity contribution in [3.8, 4) is 5.88 Å². The molecule has 0 fully saturated rings. The number of carbonyl (C=O) groups is 1. The highest BCUT2D eigenvalue weighted by molar-refractivity contribution is 5.91. The van der Waals surface area contributed by atoms with Crippen LogP contribution in [0.4, 0.5) is 0 Å². The molecule has 2 aromatic rings. The Kier molecular flexibility index (Phi) is 5.46. The highest BCUT2D eigenvalue weighted by Crippen LogP contribution is 2.13. The summed E-state index contributed by atoms with van der Waals surface area (Å²) in [6.45, 7) is 2.81. The molecular weight excluding hydrogens is 266 g/mol. The van der Waals surface area contributed by atoms with E-state index in [2.05, 4.69) is 15.3 Å². The molecule has 0 radical (unpaired) electrons. The maximum Gasteiger partial charge on any atom is 0.244 e. The molecule has 0 spiro atoms. The van der Waals surface area contributed by atoms with Crippen LogP contribution in [0.2, 0.25) is 0 Å². The van der Waals surface area contributed by atoms with Gasteiger partial charge in [0.1, 0.15) is 0 Å². The van der Waals surface area contributed by atoms with Crippen LogP contribution in [0.15, 0.2) is 48.9 Å². The molecule has 2 rings (SSSR count). The number of carbonyl (C=O) groups excluding carboxylic acids is 1. The summed E-state index contributed by atoms with van der Waals surface area (Å²) in [5.41, 5.74) is 1.73. The second-order valence-electron chi connectivity index (χ2n) is 4.24. The van der Waals surface area contributed by atoms with Crippen molar-refractivity contribution < 1.29 is 9.53 Å². The quantitative estimate of drug-likeness (QED) is 0.825. The largest absolute Gasteiger partial charge is 0.478 e. The second-order valence-corrected chi connectivity index (χ2v) is 4.24. The molecule has 0 bridgehead atoms. The zero-order valence-corrected chi connectivity index (χ0v) is 11.8. The van der Waals surface area contributed by atoms with Crippen molar-refractivity contribution in [2.24, 2.45) is 0 Å². The summed E-state index contributed by atoms with van der Waals surface area (Å²) in [5.74, 6) is 0.377. The van der Waals surface area contributed by atoms with Crippen molar-refractivity contribution in [2.75, 3.05) is 6.61 Å². The summed E-state index contributed by atoms with van der Waals surface area (Å²) in [7, 11) is 0. The van der Waals surface area contributed by atoms with E-state index in [4.69, 9.17) is 4.74 Å². The highest BCUT2D eigenvalue weighted by Gasteiger charge is 2.04. The van der Waals surface area contributed by atoms with Gasteiger partial charge in [-0.1, -0.05) is 12.1 Å². The molecule has 108 valence electrons. The van der Waals surface area contributed by atoms with Gasteiger partial charge in [0.25, 0.3) is 0 Å². The summed E-state index contributed by atoms with van der Waals surface area (Å²) in [6.07, 6.45) is 8.24. The number of hydrogen-bond acceptors (Lipinski definition) is 4. The maximum absolute atomic E-state index is 11.8. The standard InChI is InChI=1S/C16H17N3O2/c1-2-21-16-14(6-4-10-18-16)12-19-15(20)8-7-13-5-3-9-17-11-13/h3-11H,2,12H2,1H3,(H,19,20)/b8-7+. The summed E-state index contributed by atoms with van der Waals surface area (Å²) >= 11 is 0. The average molecular weight is 283 g/mol. The van der Waals surface area contributed by atoms with Gasteiger partial charge in [-0.15, -0.1) is 0 Å². The fraction of sp³-hybridized carbons (Fsp3) is 0.188. The summed E-state index contributed by atoms with van der Waals surface area (Å²) in [4.78, 5) is 19.9. The third-order valence-electron chi connectivity index (χ3n) is 2.70. The van der Waals surface area contributed by atoms with Gasteiger partial charge in [-0.3, -0.25) is 9.78 Å². The first-order chi connectivity index (χ1) is 10.3. The minimum Gasteiger partial charge on any atom is -0.478 e. The predicted molar refractivity (Wildman–Crippen MR) is 80.5 cm³/mol. The number of hydrogen-bond donors (Lipinski definition) is 1. The smallest absolute Gasteiger partial charge is 0.244 e. The molecule has 21 heavy (non-hydrogen) atoms. The third kappa shape index (κ3) is 4.72. The first kappa shape index (κ1) is 14.7. The molecule has 5 heteroatoms. The van der Waals surface area contributed by atoms with Gasteiger partial charge in [-0.25, -0.2) is 4.98 Å². The molecule has 0 aliphatic rings. The van der Waals surface area contributed by atoms with E-state index in [-0.39, 0.29) is 5.91 Å². The zero-order chi connectivity index (χ0) is 14.9. The maximum atomic E-state index is 11.8. The average Bonchev–Trinajstić information content (AvgIpc) is 2.53. The first-order valence-electron chi connectivity index (χ1n) is 6.72. The van der Waals surface area contributed by atoms with Gasteiger partial charge < -0.3 is 10.1 Å². The molecule has 0 unspecified atom stereocenters. The van der Waals surface area contributed by atoms with E-state index in [1.165, 1.54) is 6.08 Å². The monoisotopic (exact) mass is 283 g/mol. The molecule has 0 aromatic carbocycles. The second kappa shape index (κ2) is 7.79. The molecule has 2 aromatic heterocycles. The van der Waals surface area contributed by atoms with Crippen molar-refractivity contribution in [1.82, 2.24) is 15.3 Å². The van der Waals surface area contributed by atoms with Crippen molar-refractivity contribution in [2.45, 2.75) is 13.5 Å². The number of aromatic nitrogens is 2. The Bertz CT molecular complexity index is 612. The van der Waals surface area contributed by atoms with Gasteiger partial charge in [-0.2, -0.15) is 0 Å². The van der Waals surface area contributed by atoms with E-state index in [1.807, 2.05) is 31.2 Å². The van der Waals surface area contributed by atoms with E-state index < -0.39 is 0 Å². The molecule has 1 amide bonds. The van der Waals surface area contributed by atoms with Gasteiger partial charge >= 0.3 is 0 Å². The Balaban J connectivity index is 1.91. The lowest BCUT2D eigenvalue weighted by molar-refractivity contribution is -0.116. The van der Waals surface area contributed by atoms with E-state index in [9.17, 15) is 4.79 Å². The fourth-order valence-electron chi connectivity index (χ4n) is 1.71. The molecule has 0 atom stereocenters. The van der Waals surface area contributed by atoms with E-state index in [1.54, 1.807) is 24.7 Å². The lowest BCUT2D eigenvalue weighted by atomic mass is 10.2. The molecule has 1 N–H and O–H groups in total. The molecule has 0 aliphatic heterocycles. The van der Waals surface area contributed by atoms with E-state index >= 15 is 0 Å². The lowest BCUT2D eigenvalue weighted by Crippen LogP contribution is -2.20. The molecule has 0 saturated heterocycles. The van der Waals surface area contributed by atoms with Gasteiger partial charge in [0, 0.05) is 36.8 Å². The number of nitrogens with zero attached hydrogens (tertiary/aromatic N) is 2. The van der Waals surface area contributed by atoms with Crippen molar-refractivity contribution in [3.63, 3.8) is 0 Å². The lowest BCUT2D eigenvalue weighted by Gasteiger charge is -2.08. The Morgan fingerprint density at radius 1 is 1.33 bits per heavy atom. The summed E-state index contributed by atoms with van der Waals surface area (Å²) in [6, 6.07) is 7.39. The van der Waals surface area contributed by atoms with Crippen LogP contribution in [0.25, 0.3) is 6.08 Å². The summed E-state index contributed by atoms with van der Waals surface area (Å²) < 4.78 is 5.41. The Morgan fingerprint density at radius 2 is 2.19 bits per heavy atom. The molecule has 0 aliphatic carbocycles. The van der Waals surface area contributed by atoms with Crippen molar-refractivity contribution in [1.29, 1.82) is 0 Å². The van der Waals surface area contributed by atoms with Crippen LogP contribution < -0.4 is 10.1 Å². The van der Waals surface area contributed by atoms with Gasteiger partial charge in [-0.05, 0) is 30.7 Å². The highest BCUT2D eigenvalue weighted by atomic mass is 16.5. The topological polar surface area (TPSA) is 64.1 Å². The Hall–Kier alpha value is -2.69. The van der Waals surface area contributed by atoms with Crippen LogP contribution in [-0.2, 0) is 11.3 Å². The van der Waals surface area contributed by atoms with Gasteiger partial charge in [0.2, 0.25) is 11.8 Å². The number of pyridine rings is 2. The normalized spacial score (nSPS) is 10.5. The van der Waals surface area contributed by atoms with E-state index in [0.29, 0.717) is 19.0 Å². The van der Waals surface area contributed by atoms with Crippen LogP contribution >= 0.6 is 0 Å². The number of nitrogens with one attached hydrogen (secondary N) is 1. The van der Waals surface area contributed by atoms with Crippen LogP contribution in [0, 0.1) is 0 Å². The Morgan fingerprint density at radius 3 is 2.95 bits per heavy atom. The minimum absolute atomic E-state index is 0.176. The number of amides is 1.